The fraction of sp³-hybridized carbons (Fsp3) is 0.375. The van der Waals surface area contributed by atoms with E-state index in [2.05, 4.69) is 88.4 Å². The van der Waals surface area contributed by atoms with Crippen molar-refractivity contribution in [3.63, 3.8) is 0 Å². The molecule has 118 heavy (non-hydrogen) atoms. The molecule has 0 atom stereocenters. The summed E-state index contributed by atoms with van der Waals surface area (Å²) in [6, 6.07) is 42.7. The van der Waals surface area contributed by atoms with Crippen molar-refractivity contribution in [3.8, 4) is 0 Å². The molecule has 0 aliphatic carbocycles. The van der Waals surface area contributed by atoms with Crippen LogP contribution in [0.15, 0.2) is 146 Å². The Morgan fingerprint density at radius 1 is 0.246 bits per heavy atom. The third kappa shape index (κ3) is 37.3. The van der Waals surface area contributed by atoms with Crippen molar-refractivity contribution in [1.29, 1.82) is 0 Å². The van der Waals surface area contributed by atoms with E-state index in [1.165, 1.54) is 0 Å². The molecule has 636 valence electrons. The molecule has 2 amide bonds. The summed E-state index contributed by atoms with van der Waals surface area (Å²) in [5.74, 6) is 0. The van der Waals surface area contributed by atoms with Gasteiger partial charge in [-0.15, -0.1) is 26.2 Å². The molecule has 0 aliphatic heterocycles. The zero-order valence-electron chi connectivity index (χ0n) is 69.8. The van der Waals surface area contributed by atoms with Gasteiger partial charge in [0.05, 0.1) is 0 Å². The first-order chi connectivity index (χ1) is 53.4. The van der Waals surface area contributed by atoms with Crippen LogP contribution in [0.5, 0.6) is 0 Å². The Hall–Kier alpha value is -0.440. The topological polar surface area (TPSA) is 150 Å². The zero-order valence-corrected chi connectivity index (χ0v) is 91.0. The molecular weight excluding hydrogens is 1990 g/mol. The van der Waals surface area contributed by atoms with E-state index in [0.717, 1.165) is 109 Å². The molecule has 0 heterocycles. The van der Waals surface area contributed by atoms with Crippen LogP contribution in [0.4, 0.5) is 9.59 Å². The van der Waals surface area contributed by atoms with Crippen LogP contribution in [0.3, 0.4) is 0 Å². The minimum atomic E-state index is -2.04. The van der Waals surface area contributed by atoms with Gasteiger partial charge in [0.15, 0.2) is 0 Å². The second kappa shape index (κ2) is 49.4. The van der Waals surface area contributed by atoms with E-state index >= 15 is 0 Å². The van der Waals surface area contributed by atoms with Gasteiger partial charge in [0.25, 0.3) is 0 Å². The van der Waals surface area contributed by atoms with Crippen LogP contribution < -0.4 is 53.9 Å². The van der Waals surface area contributed by atoms with E-state index in [0.29, 0.717) is 93.5 Å². The summed E-state index contributed by atoms with van der Waals surface area (Å²) in [7, 11) is -9.47. The van der Waals surface area contributed by atoms with Crippen LogP contribution in [0, 0.1) is 0 Å². The average Bonchev–Trinajstić information content (AvgIpc) is 0.728. The fourth-order valence-corrected chi connectivity index (χ4v) is 23.6. The standard InChI is InChI=1S/2C24H12BCl8.2C16H40N4O2Si3.2Ti/c2*26-17-1-13(2-18(27)9-17)25(14-3-19(28)10-20(29)4-14,15-5-21(30)11-22(31)6-15)16-7-23(32)12-24(33)8-16;2*1-23(2,3)17-10-12-19(13-11-18-24(4,5)6)14-15-20(16(21)22)25(7,8)9;;/h2*1-12H;2*10-15H2,1-9H3,(H,21,22);;/q2*-1;2*-2;2*+4/p-2. The summed E-state index contributed by atoms with van der Waals surface area (Å²) in [4.78, 5) is 46.8. The summed E-state index contributed by atoms with van der Waals surface area (Å²) >= 11 is 104. The van der Waals surface area contributed by atoms with Crippen LogP contribution in [0.25, 0.3) is 19.9 Å². The van der Waals surface area contributed by atoms with Crippen molar-refractivity contribution in [2.24, 2.45) is 0 Å². The molecule has 0 bridgehead atoms. The molecule has 0 radical (unpaired) electrons. The molecule has 0 saturated carbocycles. The first-order valence-corrected chi connectivity index (χ1v) is 64.3. The van der Waals surface area contributed by atoms with Gasteiger partial charge in [-0.05, 0) is 74.7 Å². The Bertz CT molecular complexity index is 3740. The van der Waals surface area contributed by atoms with Gasteiger partial charge < -0.3 is 58.7 Å². The van der Waals surface area contributed by atoms with Gasteiger partial charge in [-0.3, -0.25) is 0 Å². The number of hydrogen-bond acceptors (Lipinski definition) is 6. The van der Waals surface area contributed by atoms with Crippen LogP contribution in [0.2, 0.25) is 198 Å². The number of halogens is 16. The van der Waals surface area contributed by atoms with Crippen LogP contribution in [-0.2, 0) is 43.4 Å². The zero-order chi connectivity index (χ0) is 87.6. The summed E-state index contributed by atoms with van der Waals surface area (Å²) in [6.07, 6.45) is -6.18. The Morgan fingerprint density at radius 2 is 0.373 bits per heavy atom. The molecule has 8 aromatic rings. The second-order valence-corrected chi connectivity index (χ2v) is 69.8. The number of carbonyl (C=O) groups is 2. The van der Waals surface area contributed by atoms with Gasteiger partial charge in [-0.1, -0.05) is 433 Å². The molecule has 0 fully saturated rings. The minimum absolute atomic E-state index is 0. The summed E-state index contributed by atoms with van der Waals surface area (Å²) in [6.45, 7) is 48.3. The first kappa shape index (κ1) is 112. The van der Waals surface area contributed by atoms with Gasteiger partial charge in [0, 0.05) is 107 Å². The van der Waals surface area contributed by atoms with Crippen LogP contribution in [-0.4, -0.2) is 171 Å². The summed E-state index contributed by atoms with van der Waals surface area (Å²) in [5.41, 5.74) is 6.24. The third-order valence-corrected chi connectivity index (χ3v) is 30.7. The first-order valence-electron chi connectivity index (χ1n) is 37.6. The van der Waals surface area contributed by atoms with Gasteiger partial charge in [-0.25, -0.2) is 0 Å². The Kier molecular flexibility index (Phi) is 46.7. The number of carboxylic acid groups (broad SMARTS) is 2. The molecule has 8 rings (SSSR count). The second-order valence-electron chi connectivity index (χ2n) is 34.4. The molecule has 0 spiro atoms. The number of hydrogen-bond donors (Lipinski definition) is 0. The van der Waals surface area contributed by atoms with Crippen molar-refractivity contribution >= 4 is 303 Å². The van der Waals surface area contributed by atoms with Crippen molar-refractivity contribution in [2.45, 2.75) is 118 Å². The number of nitrogens with zero attached hydrogens (tertiary/aromatic N) is 8. The molecule has 0 aliphatic rings. The van der Waals surface area contributed by atoms with Gasteiger partial charge >= 0.3 is 43.4 Å². The fourth-order valence-electron chi connectivity index (χ4n) is 13.6. The van der Waals surface area contributed by atoms with Gasteiger partial charge in [-0.2, -0.15) is 43.7 Å². The van der Waals surface area contributed by atoms with E-state index in [1.54, 1.807) is 57.7 Å². The summed E-state index contributed by atoms with van der Waals surface area (Å²) < 4.78 is 3.09. The molecule has 8 aromatic carbocycles. The molecule has 38 heteroatoms. The Morgan fingerprint density at radius 3 is 0.475 bits per heavy atom. The average molecular weight is 2090 g/mol. The van der Waals surface area contributed by atoms with E-state index in [-0.39, 0.29) is 43.4 Å². The van der Waals surface area contributed by atoms with Gasteiger partial charge in [0.2, 0.25) is 0 Å². The number of benzene rings is 8. The van der Waals surface area contributed by atoms with Gasteiger partial charge in [0.1, 0.15) is 40.9 Å². The smallest absolute Gasteiger partial charge is 0.664 e. The maximum absolute atomic E-state index is 11.5. The van der Waals surface area contributed by atoms with E-state index < -0.39 is 73.9 Å². The van der Waals surface area contributed by atoms with Crippen LogP contribution >= 0.6 is 186 Å². The van der Waals surface area contributed by atoms with Crippen molar-refractivity contribution in [2.75, 3.05) is 78.5 Å². The Balaban J connectivity index is 0.000000409. The molecule has 12 nitrogen and oxygen atoms in total. The van der Waals surface area contributed by atoms with Crippen molar-refractivity contribution < 1.29 is 63.2 Å². The maximum Gasteiger partial charge on any atom is 4.00 e. The monoisotopic (exact) mass is 2080 g/mol. The molecule has 0 saturated heterocycles. The predicted molar refractivity (Wildman–Crippen MR) is 530 cm³/mol. The van der Waals surface area contributed by atoms with Crippen molar-refractivity contribution in [3.05, 3.63) is 246 Å². The van der Waals surface area contributed by atoms with E-state index in [4.69, 9.17) is 206 Å². The SMILES string of the molecule is C[Si](C)(C)[N-]CCN(CC[N-][Si](C)(C)C)CCN(C(=O)[O-])[Si](C)(C)C.C[Si](C)(C)[N-]CCN(CC[N-][Si](C)(C)C)CCN(C(=O)[O-])[Si](C)(C)C.Clc1cc(Cl)cc([B-](c2cc(Cl)cc(Cl)c2)(c2cc(Cl)cc(Cl)c2)c2cc(Cl)cc(Cl)c2)c1.Clc1cc(Cl)cc([B-](c2cc(Cl)cc(Cl)c2)(c2cc(Cl)cc(Cl)c2)c2cc(Cl)cc(Cl)c2)c1.[Ti+4].[Ti+4]. The number of amides is 2. The molecule has 0 N–H and O–H groups in total. The van der Waals surface area contributed by atoms with E-state index in [9.17, 15) is 19.8 Å². The molecule has 0 aromatic heterocycles. The quantitative estimate of drug-likeness (QED) is 0.0383. The Labute approximate surface area is 818 Å². The van der Waals surface area contributed by atoms with E-state index in [1.807, 2.05) is 136 Å². The normalized spacial score (nSPS) is 12.2. The van der Waals surface area contributed by atoms with Crippen LogP contribution in [0.1, 0.15) is 0 Å². The number of rotatable bonds is 32. The largest absolute Gasteiger partial charge is 4.00 e. The van der Waals surface area contributed by atoms with Crippen molar-refractivity contribution in [1.82, 2.24) is 18.9 Å². The summed E-state index contributed by atoms with van der Waals surface area (Å²) in [5, 5.41) is 30.2. The minimum Gasteiger partial charge on any atom is -0.664 e. The predicted octanol–water partition coefficient (Wildman–Crippen LogP) is 22.9. The molecule has 0 unspecified atom stereocenters. The third-order valence-electron chi connectivity index (χ3n) is 18.4. The number of carbonyl (C=O) groups excluding carboxylic acids is 2. The molecular formula is C80H102B2Cl16N8O4Si6Ti2. The maximum atomic E-state index is 11.5.